The van der Waals surface area contributed by atoms with Gasteiger partial charge in [-0.1, -0.05) is 0 Å². The lowest BCUT2D eigenvalue weighted by Gasteiger charge is -2.31. The first-order valence-electron chi connectivity index (χ1n) is 9.95. The highest BCUT2D eigenvalue weighted by atomic mass is 16.5. The van der Waals surface area contributed by atoms with Gasteiger partial charge in [0.15, 0.2) is 0 Å². The Morgan fingerprint density at radius 3 is 1.21 bits per heavy atom. The normalized spacial score (nSPS) is 12.8. The molecule has 0 aromatic heterocycles. The summed E-state index contributed by atoms with van der Waals surface area (Å²) >= 11 is 0. The highest BCUT2D eigenvalue weighted by Crippen LogP contribution is 2.10. The summed E-state index contributed by atoms with van der Waals surface area (Å²) in [4.78, 5) is 0. The van der Waals surface area contributed by atoms with E-state index < -0.39 is 0 Å². The van der Waals surface area contributed by atoms with Crippen molar-refractivity contribution < 1.29 is 18.4 Å². The molecule has 0 aliphatic carbocycles. The molecule has 0 aromatic carbocycles. The summed E-state index contributed by atoms with van der Waals surface area (Å²) in [5.41, 5.74) is 0. The SMILES string of the molecule is COCCCCC[N+](C)(C)CCCCCC[N+](C)(C)CCCOC. The van der Waals surface area contributed by atoms with Gasteiger partial charge >= 0.3 is 0 Å². The summed E-state index contributed by atoms with van der Waals surface area (Å²) in [6, 6.07) is 0. The van der Waals surface area contributed by atoms with Crippen LogP contribution in [0.15, 0.2) is 0 Å². The number of quaternary nitrogens is 2. The lowest BCUT2D eigenvalue weighted by atomic mass is 10.1. The van der Waals surface area contributed by atoms with Crippen molar-refractivity contribution >= 4 is 0 Å². The van der Waals surface area contributed by atoms with Crippen LogP contribution in [0.1, 0.15) is 51.4 Å². The average molecular weight is 347 g/mol. The number of methoxy groups -OCH3 is 2. The van der Waals surface area contributed by atoms with Crippen molar-refractivity contribution in [1.29, 1.82) is 0 Å². The molecular weight excluding hydrogens is 300 g/mol. The van der Waals surface area contributed by atoms with Gasteiger partial charge in [0.05, 0.1) is 61.0 Å². The van der Waals surface area contributed by atoms with E-state index in [2.05, 4.69) is 28.2 Å². The quantitative estimate of drug-likeness (QED) is 0.296. The Bertz CT molecular complexity index is 281. The lowest BCUT2D eigenvalue weighted by Crippen LogP contribution is -2.42. The van der Waals surface area contributed by atoms with Crippen LogP contribution in [0, 0.1) is 0 Å². The topological polar surface area (TPSA) is 18.5 Å². The Balaban J connectivity index is 3.59. The van der Waals surface area contributed by atoms with Gasteiger partial charge in [0, 0.05) is 27.2 Å². The third-order valence-electron chi connectivity index (χ3n) is 5.00. The molecule has 0 saturated carbocycles. The zero-order chi connectivity index (χ0) is 18.3. The first-order chi connectivity index (χ1) is 11.3. The molecule has 0 N–H and O–H groups in total. The van der Waals surface area contributed by atoms with Crippen molar-refractivity contribution in [2.45, 2.75) is 51.4 Å². The molecule has 4 nitrogen and oxygen atoms in total. The van der Waals surface area contributed by atoms with Crippen LogP contribution in [0.3, 0.4) is 0 Å². The maximum absolute atomic E-state index is 5.16. The summed E-state index contributed by atoms with van der Waals surface area (Å²) in [6.07, 6.45) is 10.5. The third-order valence-corrected chi connectivity index (χ3v) is 5.00. The largest absolute Gasteiger partial charge is 0.385 e. The first kappa shape index (κ1) is 23.8. The molecule has 4 heteroatoms. The van der Waals surface area contributed by atoms with Gasteiger partial charge in [-0.05, 0) is 44.9 Å². The molecule has 0 spiro atoms. The molecule has 146 valence electrons. The Labute approximate surface area is 152 Å². The van der Waals surface area contributed by atoms with Gasteiger partial charge in [-0.25, -0.2) is 0 Å². The maximum Gasteiger partial charge on any atom is 0.0804 e. The van der Waals surface area contributed by atoms with Crippen LogP contribution >= 0.6 is 0 Å². The number of nitrogens with zero attached hydrogens (tertiary/aromatic N) is 2. The predicted octanol–water partition coefficient (Wildman–Crippen LogP) is 3.55. The van der Waals surface area contributed by atoms with Gasteiger partial charge in [0.1, 0.15) is 0 Å². The Kier molecular flexibility index (Phi) is 14.0. The first-order valence-corrected chi connectivity index (χ1v) is 9.95. The van der Waals surface area contributed by atoms with Gasteiger partial charge in [0.25, 0.3) is 0 Å². The molecule has 0 aromatic rings. The molecule has 0 aliphatic heterocycles. The standard InChI is InChI=1S/C20H46N2O2/c1-21(2,17-12-9-13-19-23-5)15-10-7-8-11-16-22(3,4)18-14-20-24-6/h7-20H2,1-6H3/q+2. The Morgan fingerprint density at radius 1 is 0.458 bits per heavy atom. The van der Waals surface area contributed by atoms with E-state index in [1.807, 2.05) is 0 Å². The highest BCUT2D eigenvalue weighted by Gasteiger charge is 2.15. The van der Waals surface area contributed by atoms with Gasteiger partial charge in [0.2, 0.25) is 0 Å². The summed E-state index contributed by atoms with van der Waals surface area (Å²) in [5, 5.41) is 0. The predicted molar refractivity (Wildman–Crippen MR) is 104 cm³/mol. The van der Waals surface area contributed by atoms with E-state index in [1.54, 1.807) is 14.2 Å². The van der Waals surface area contributed by atoms with Crippen molar-refractivity contribution in [3.8, 4) is 0 Å². The van der Waals surface area contributed by atoms with Crippen molar-refractivity contribution in [3.63, 3.8) is 0 Å². The van der Waals surface area contributed by atoms with Crippen molar-refractivity contribution in [3.05, 3.63) is 0 Å². The van der Waals surface area contributed by atoms with E-state index >= 15 is 0 Å². The summed E-state index contributed by atoms with van der Waals surface area (Å²) < 4.78 is 12.6. The molecule has 0 rings (SSSR count). The van der Waals surface area contributed by atoms with Crippen LogP contribution in [-0.4, -0.2) is 90.8 Å². The average Bonchev–Trinajstić information content (AvgIpc) is 2.50. The molecule has 0 unspecified atom stereocenters. The van der Waals surface area contributed by atoms with Gasteiger partial charge < -0.3 is 18.4 Å². The van der Waals surface area contributed by atoms with Gasteiger partial charge in [-0.15, -0.1) is 0 Å². The third kappa shape index (κ3) is 15.4. The zero-order valence-corrected chi connectivity index (χ0v) is 17.6. The minimum Gasteiger partial charge on any atom is -0.385 e. The minimum atomic E-state index is 0.889. The Hall–Kier alpha value is -0.160. The molecule has 0 aliphatic rings. The lowest BCUT2D eigenvalue weighted by molar-refractivity contribution is -0.891. The van der Waals surface area contributed by atoms with Crippen LogP contribution < -0.4 is 0 Å². The van der Waals surface area contributed by atoms with Crippen LogP contribution in [0.4, 0.5) is 0 Å². The molecule has 0 bridgehead atoms. The fourth-order valence-electron chi connectivity index (χ4n) is 3.26. The maximum atomic E-state index is 5.16. The number of unbranched alkanes of at least 4 members (excludes halogenated alkanes) is 5. The summed E-state index contributed by atoms with van der Waals surface area (Å²) in [6.45, 7) is 6.93. The number of rotatable bonds is 17. The fraction of sp³-hybridized carbons (Fsp3) is 1.00. The molecule has 0 radical (unpaired) electrons. The molecule has 0 fully saturated rings. The van der Waals surface area contributed by atoms with Crippen molar-refractivity contribution in [2.75, 3.05) is 81.8 Å². The second-order valence-corrected chi connectivity index (χ2v) is 8.58. The summed E-state index contributed by atoms with van der Waals surface area (Å²) in [5.74, 6) is 0. The molecule has 0 heterocycles. The fourth-order valence-corrected chi connectivity index (χ4v) is 3.26. The molecule has 24 heavy (non-hydrogen) atoms. The van der Waals surface area contributed by atoms with Crippen molar-refractivity contribution in [2.24, 2.45) is 0 Å². The molecule has 0 saturated heterocycles. The smallest absolute Gasteiger partial charge is 0.0804 e. The second-order valence-electron chi connectivity index (χ2n) is 8.58. The number of hydrogen-bond donors (Lipinski definition) is 0. The van der Waals surface area contributed by atoms with Crippen LogP contribution in [0.5, 0.6) is 0 Å². The van der Waals surface area contributed by atoms with Crippen LogP contribution in [0.2, 0.25) is 0 Å². The van der Waals surface area contributed by atoms with Gasteiger partial charge in [-0.3, -0.25) is 0 Å². The molecule has 0 amide bonds. The Morgan fingerprint density at radius 2 is 0.792 bits per heavy atom. The number of hydrogen-bond acceptors (Lipinski definition) is 2. The highest BCUT2D eigenvalue weighted by molar-refractivity contribution is 4.46. The van der Waals surface area contributed by atoms with Crippen molar-refractivity contribution in [1.82, 2.24) is 0 Å². The van der Waals surface area contributed by atoms with E-state index in [4.69, 9.17) is 9.47 Å². The van der Waals surface area contributed by atoms with E-state index in [0.717, 1.165) is 17.7 Å². The summed E-state index contributed by atoms with van der Waals surface area (Å²) in [7, 11) is 13.0. The minimum absolute atomic E-state index is 0.889. The van der Waals surface area contributed by atoms with E-state index in [-0.39, 0.29) is 0 Å². The van der Waals surface area contributed by atoms with Gasteiger partial charge in [-0.2, -0.15) is 0 Å². The molecular formula is C20H46N2O2+2. The number of ether oxygens (including phenoxy) is 2. The van der Waals surface area contributed by atoms with Crippen LogP contribution in [0.25, 0.3) is 0 Å². The van der Waals surface area contributed by atoms with E-state index in [1.165, 1.54) is 82.0 Å². The zero-order valence-electron chi connectivity index (χ0n) is 17.6. The molecule has 0 atom stereocenters. The second kappa shape index (κ2) is 14.1. The van der Waals surface area contributed by atoms with Crippen LogP contribution in [-0.2, 0) is 9.47 Å². The van der Waals surface area contributed by atoms with E-state index in [0.29, 0.717) is 0 Å². The monoisotopic (exact) mass is 346 g/mol. The van der Waals surface area contributed by atoms with E-state index in [9.17, 15) is 0 Å².